The van der Waals surface area contributed by atoms with Gasteiger partial charge in [-0.3, -0.25) is 0 Å². The molecule has 0 spiro atoms. The van der Waals surface area contributed by atoms with Crippen LogP contribution in [0.4, 0.5) is 0 Å². The summed E-state index contributed by atoms with van der Waals surface area (Å²) < 4.78 is 4.90. The minimum atomic E-state index is -1.13. The molecule has 2 aromatic heterocycles. The fourth-order valence-corrected chi connectivity index (χ4v) is 1.38. The molecule has 88 valence electrons. The number of carboxylic acid groups (broad SMARTS) is 1. The molecule has 2 rings (SSSR count). The molecule has 7 heteroatoms. The highest BCUT2D eigenvalue weighted by Gasteiger charge is 2.15. The van der Waals surface area contributed by atoms with Gasteiger partial charge >= 0.3 is 5.97 Å². The Kier molecular flexibility index (Phi) is 3.10. The fraction of sp³-hybridized carbons (Fsp3) is 0.200. The summed E-state index contributed by atoms with van der Waals surface area (Å²) >= 11 is 0. The van der Waals surface area contributed by atoms with Gasteiger partial charge < -0.3 is 9.84 Å². The van der Waals surface area contributed by atoms with Crippen molar-refractivity contribution < 1.29 is 14.6 Å². The first-order valence-electron chi connectivity index (χ1n) is 4.81. The third kappa shape index (κ3) is 2.28. The van der Waals surface area contributed by atoms with Crippen LogP contribution in [-0.2, 0) is 11.3 Å². The van der Waals surface area contributed by atoms with Gasteiger partial charge in [0.25, 0.3) is 0 Å². The van der Waals surface area contributed by atoms with Crippen molar-refractivity contribution in [3.8, 4) is 5.69 Å². The average Bonchev–Trinajstić information content (AvgIpc) is 2.82. The van der Waals surface area contributed by atoms with Crippen LogP contribution in [0.3, 0.4) is 0 Å². The van der Waals surface area contributed by atoms with Crippen LogP contribution in [0.1, 0.15) is 16.2 Å². The Balaban J connectivity index is 2.49. The van der Waals surface area contributed by atoms with E-state index in [9.17, 15) is 4.79 Å². The number of nitrogens with zero attached hydrogens (tertiary/aromatic N) is 4. The summed E-state index contributed by atoms with van der Waals surface area (Å²) in [5.41, 5.74) is 0.763. The summed E-state index contributed by atoms with van der Waals surface area (Å²) in [5, 5.41) is 16.8. The van der Waals surface area contributed by atoms with Crippen LogP contribution in [0.15, 0.2) is 24.5 Å². The molecule has 0 aliphatic carbocycles. The molecule has 0 aliphatic heterocycles. The first-order valence-corrected chi connectivity index (χ1v) is 4.81. The number of carbonyl (C=O) groups is 1. The SMILES string of the molecule is COCc1ccc(-n2nccn2)c(C(=O)O)n1. The second-order valence-electron chi connectivity index (χ2n) is 3.23. The molecule has 0 radical (unpaired) electrons. The van der Waals surface area contributed by atoms with Gasteiger partial charge in [0, 0.05) is 7.11 Å². The third-order valence-electron chi connectivity index (χ3n) is 2.06. The molecule has 2 aromatic rings. The number of methoxy groups -OCH3 is 1. The summed E-state index contributed by atoms with van der Waals surface area (Å²) in [4.78, 5) is 16.3. The van der Waals surface area contributed by atoms with Crippen molar-refractivity contribution in [3.63, 3.8) is 0 Å². The standard InChI is InChI=1S/C10H10N4O3/c1-17-6-7-2-3-8(9(13-7)10(15)16)14-11-4-5-12-14/h2-5H,6H2,1H3,(H,15,16). The second kappa shape index (κ2) is 4.71. The number of aromatic nitrogens is 4. The van der Waals surface area contributed by atoms with Crippen molar-refractivity contribution >= 4 is 5.97 Å². The smallest absolute Gasteiger partial charge is 0.356 e. The average molecular weight is 234 g/mol. The maximum atomic E-state index is 11.1. The predicted octanol–water partition coefficient (Wildman–Crippen LogP) is 0.507. The molecule has 0 aliphatic rings. The lowest BCUT2D eigenvalue weighted by Crippen LogP contribution is -2.11. The van der Waals surface area contributed by atoms with Crippen LogP contribution in [0.25, 0.3) is 5.69 Å². The number of carboxylic acids is 1. The highest BCUT2D eigenvalue weighted by molar-refractivity contribution is 5.89. The van der Waals surface area contributed by atoms with Gasteiger partial charge in [-0.15, -0.1) is 4.80 Å². The molecule has 0 bridgehead atoms. The summed E-state index contributed by atoms with van der Waals surface area (Å²) in [7, 11) is 1.52. The summed E-state index contributed by atoms with van der Waals surface area (Å²) in [6.07, 6.45) is 2.93. The first-order chi connectivity index (χ1) is 8.22. The minimum absolute atomic E-state index is 0.101. The predicted molar refractivity (Wildman–Crippen MR) is 56.8 cm³/mol. The monoisotopic (exact) mass is 234 g/mol. The Hall–Kier alpha value is -2.28. The lowest BCUT2D eigenvalue weighted by molar-refractivity contribution is 0.0689. The van der Waals surface area contributed by atoms with Crippen LogP contribution < -0.4 is 0 Å². The number of ether oxygens (including phenoxy) is 1. The van der Waals surface area contributed by atoms with Crippen LogP contribution in [0, 0.1) is 0 Å². The van der Waals surface area contributed by atoms with Crippen LogP contribution >= 0.6 is 0 Å². The molecule has 17 heavy (non-hydrogen) atoms. The molecule has 1 N–H and O–H groups in total. The maximum absolute atomic E-state index is 11.1. The lowest BCUT2D eigenvalue weighted by atomic mass is 10.2. The van der Waals surface area contributed by atoms with E-state index < -0.39 is 5.97 Å². The van der Waals surface area contributed by atoms with Gasteiger partial charge in [0.2, 0.25) is 0 Å². The molecule has 0 saturated heterocycles. The van der Waals surface area contributed by atoms with Gasteiger partial charge in [-0.1, -0.05) is 0 Å². The Bertz CT molecular complexity index is 524. The third-order valence-corrected chi connectivity index (χ3v) is 2.06. The van der Waals surface area contributed by atoms with Crippen molar-refractivity contribution in [2.24, 2.45) is 0 Å². The molecule has 0 fully saturated rings. The molecule has 0 aromatic carbocycles. The van der Waals surface area contributed by atoms with E-state index in [0.717, 1.165) is 0 Å². The van der Waals surface area contributed by atoms with E-state index in [2.05, 4.69) is 15.2 Å². The molecule has 7 nitrogen and oxygen atoms in total. The number of rotatable bonds is 4. The maximum Gasteiger partial charge on any atom is 0.356 e. The van der Waals surface area contributed by atoms with Gasteiger partial charge in [0.1, 0.15) is 5.69 Å². The van der Waals surface area contributed by atoms with E-state index in [1.807, 2.05) is 0 Å². The molecule has 0 saturated carbocycles. The zero-order chi connectivity index (χ0) is 12.3. The molecular weight excluding hydrogens is 224 g/mol. The zero-order valence-electron chi connectivity index (χ0n) is 9.07. The van der Waals surface area contributed by atoms with Gasteiger partial charge in [0.05, 0.1) is 24.7 Å². The van der Waals surface area contributed by atoms with Crippen molar-refractivity contribution in [1.82, 2.24) is 20.0 Å². The van der Waals surface area contributed by atoms with E-state index in [-0.39, 0.29) is 12.3 Å². The van der Waals surface area contributed by atoms with Crippen LogP contribution in [0.5, 0.6) is 0 Å². The summed E-state index contributed by atoms with van der Waals surface area (Å²) in [6.45, 7) is 0.257. The van der Waals surface area contributed by atoms with E-state index in [4.69, 9.17) is 9.84 Å². The van der Waals surface area contributed by atoms with Gasteiger partial charge in [0.15, 0.2) is 5.69 Å². The van der Waals surface area contributed by atoms with Crippen molar-refractivity contribution in [3.05, 3.63) is 35.9 Å². The van der Waals surface area contributed by atoms with E-state index in [1.165, 1.54) is 24.3 Å². The zero-order valence-corrected chi connectivity index (χ0v) is 9.07. The largest absolute Gasteiger partial charge is 0.476 e. The Morgan fingerprint density at radius 2 is 2.12 bits per heavy atom. The second-order valence-corrected chi connectivity index (χ2v) is 3.23. The molecule has 2 heterocycles. The number of aromatic carboxylic acids is 1. The van der Waals surface area contributed by atoms with Crippen molar-refractivity contribution in [1.29, 1.82) is 0 Å². The molecular formula is C10H10N4O3. The minimum Gasteiger partial charge on any atom is -0.476 e. The van der Waals surface area contributed by atoms with E-state index >= 15 is 0 Å². The number of hydrogen-bond acceptors (Lipinski definition) is 5. The Morgan fingerprint density at radius 3 is 2.71 bits per heavy atom. The van der Waals surface area contributed by atoms with Gasteiger partial charge in [-0.25, -0.2) is 9.78 Å². The van der Waals surface area contributed by atoms with E-state index in [0.29, 0.717) is 11.4 Å². The summed E-state index contributed by atoms with van der Waals surface area (Å²) in [6, 6.07) is 3.28. The van der Waals surface area contributed by atoms with Gasteiger partial charge in [-0.2, -0.15) is 10.2 Å². The highest BCUT2D eigenvalue weighted by atomic mass is 16.5. The Labute approximate surface area is 96.7 Å². The lowest BCUT2D eigenvalue weighted by Gasteiger charge is -2.06. The van der Waals surface area contributed by atoms with Gasteiger partial charge in [-0.05, 0) is 12.1 Å². The van der Waals surface area contributed by atoms with Crippen molar-refractivity contribution in [2.45, 2.75) is 6.61 Å². The fourth-order valence-electron chi connectivity index (χ4n) is 1.38. The van der Waals surface area contributed by atoms with Crippen LogP contribution in [-0.4, -0.2) is 38.2 Å². The molecule has 0 amide bonds. The Morgan fingerprint density at radius 1 is 1.41 bits per heavy atom. The van der Waals surface area contributed by atoms with Crippen LogP contribution in [0.2, 0.25) is 0 Å². The molecule has 0 unspecified atom stereocenters. The molecule has 0 atom stereocenters. The number of hydrogen-bond donors (Lipinski definition) is 1. The normalized spacial score (nSPS) is 10.4. The topological polar surface area (TPSA) is 90.1 Å². The summed E-state index contributed by atoms with van der Waals surface area (Å²) in [5.74, 6) is -1.13. The number of pyridine rings is 1. The quantitative estimate of drug-likeness (QED) is 0.828. The van der Waals surface area contributed by atoms with E-state index in [1.54, 1.807) is 12.1 Å². The van der Waals surface area contributed by atoms with Crippen molar-refractivity contribution in [2.75, 3.05) is 7.11 Å². The first kappa shape index (κ1) is 11.2. The highest BCUT2D eigenvalue weighted by Crippen LogP contribution is 2.12.